The summed E-state index contributed by atoms with van der Waals surface area (Å²) < 4.78 is 0. The Bertz CT molecular complexity index is 686. The minimum absolute atomic E-state index is 0.0663. The molecule has 0 unspecified atom stereocenters. The van der Waals surface area contributed by atoms with Crippen molar-refractivity contribution in [3.8, 4) is 0 Å². The second-order valence-electron chi connectivity index (χ2n) is 7.73. The Labute approximate surface area is 153 Å². The average molecular weight is 362 g/mol. The van der Waals surface area contributed by atoms with E-state index in [1.807, 2.05) is 4.90 Å². The van der Waals surface area contributed by atoms with Crippen LogP contribution < -0.4 is 5.32 Å². The van der Waals surface area contributed by atoms with E-state index in [0.717, 1.165) is 50.9 Å². The van der Waals surface area contributed by atoms with Gasteiger partial charge < -0.3 is 10.2 Å². The van der Waals surface area contributed by atoms with E-state index in [0.29, 0.717) is 13.0 Å². The third-order valence-electron chi connectivity index (χ3n) is 6.31. The van der Waals surface area contributed by atoms with Gasteiger partial charge in [-0.3, -0.25) is 14.5 Å². The van der Waals surface area contributed by atoms with Gasteiger partial charge in [-0.15, -0.1) is 11.3 Å². The molecule has 0 aromatic carbocycles. The van der Waals surface area contributed by atoms with Crippen molar-refractivity contribution >= 4 is 23.2 Å². The van der Waals surface area contributed by atoms with Crippen LogP contribution in [0.1, 0.15) is 52.9 Å². The number of piperazine rings is 1. The van der Waals surface area contributed by atoms with Gasteiger partial charge in [0.15, 0.2) is 0 Å². The molecule has 6 heteroatoms. The van der Waals surface area contributed by atoms with Crippen molar-refractivity contribution < 1.29 is 9.59 Å². The maximum Gasteiger partial charge on any atom is 0.255 e. The maximum atomic E-state index is 13.2. The first-order valence-electron chi connectivity index (χ1n) is 9.45. The lowest BCUT2D eigenvalue weighted by Gasteiger charge is -2.49. The van der Waals surface area contributed by atoms with Gasteiger partial charge in [-0.2, -0.15) is 0 Å². The lowest BCUT2D eigenvalue weighted by atomic mass is 9.86. The predicted molar refractivity (Wildman–Crippen MR) is 99.1 cm³/mol. The van der Waals surface area contributed by atoms with E-state index in [1.165, 1.54) is 23.3 Å². The Balaban J connectivity index is 1.55. The number of carbonyl (C=O) groups excluding carboxylic acids is 2. The number of nitrogens with zero attached hydrogens (tertiary/aromatic N) is 2. The van der Waals surface area contributed by atoms with Gasteiger partial charge >= 0.3 is 0 Å². The molecule has 3 heterocycles. The fourth-order valence-corrected chi connectivity index (χ4v) is 5.73. The number of hydrogen-bond acceptors (Lipinski definition) is 4. The number of fused-ring (bicyclic) bond motifs is 1. The highest BCUT2D eigenvalue weighted by atomic mass is 32.1. The van der Waals surface area contributed by atoms with Crippen LogP contribution in [0.5, 0.6) is 0 Å². The topological polar surface area (TPSA) is 52.6 Å². The zero-order valence-electron chi connectivity index (χ0n) is 15.0. The molecule has 1 aliphatic carbocycles. The summed E-state index contributed by atoms with van der Waals surface area (Å²) in [5, 5.41) is 5.07. The number of likely N-dealkylation sites (N-methyl/N-ethyl adjacent to an activating group) is 1. The second-order valence-corrected chi connectivity index (χ2v) is 8.69. The standard InChI is InChI=1S/C19H27N3O2S/c1-21-10-11-22(13-19(21)7-6-17(23)20-9-8-19)18(24)15-12-25-16-5-3-2-4-14(15)16/h12H,2-11,13H2,1H3,(H,20,23)/t19-/m0/s1. The Kier molecular flexibility index (Phi) is 4.58. The van der Waals surface area contributed by atoms with Gasteiger partial charge in [0.1, 0.15) is 0 Å². The number of nitrogens with one attached hydrogen (secondary N) is 1. The van der Waals surface area contributed by atoms with Crippen LogP contribution in [0.4, 0.5) is 0 Å². The molecule has 2 fully saturated rings. The molecule has 1 aromatic heterocycles. The monoisotopic (exact) mass is 361 g/mol. The molecule has 2 aliphatic heterocycles. The molecule has 3 aliphatic rings. The molecule has 136 valence electrons. The zero-order valence-corrected chi connectivity index (χ0v) is 15.8. The SMILES string of the molecule is CN1CCN(C(=O)c2csc3c2CCCC3)C[C@]12CCNC(=O)CC2. The van der Waals surface area contributed by atoms with Crippen molar-refractivity contribution in [2.24, 2.45) is 0 Å². The van der Waals surface area contributed by atoms with E-state index >= 15 is 0 Å². The van der Waals surface area contributed by atoms with Gasteiger partial charge in [0.25, 0.3) is 5.91 Å². The van der Waals surface area contributed by atoms with Gasteiger partial charge in [-0.05, 0) is 51.1 Å². The first-order chi connectivity index (χ1) is 12.1. The lowest BCUT2D eigenvalue weighted by Crippen LogP contribution is -2.62. The fraction of sp³-hybridized carbons (Fsp3) is 0.684. The quantitative estimate of drug-likeness (QED) is 0.833. The largest absolute Gasteiger partial charge is 0.356 e. The summed E-state index contributed by atoms with van der Waals surface area (Å²) in [4.78, 5) is 30.9. The van der Waals surface area contributed by atoms with E-state index in [9.17, 15) is 9.59 Å². The Morgan fingerprint density at radius 2 is 2.04 bits per heavy atom. The van der Waals surface area contributed by atoms with Crippen LogP contribution in [0.15, 0.2) is 5.38 Å². The normalized spacial score (nSPS) is 27.7. The van der Waals surface area contributed by atoms with Crippen molar-refractivity contribution in [3.63, 3.8) is 0 Å². The summed E-state index contributed by atoms with van der Waals surface area (Å²) in [5.41, 5.74) is 2.19. The first kappa shape index (κ1) is 17.0. The summed E-state index contributed by atoms with van der Waals surface area (Å²) in [6, 6.07) is 0. The molecule has 0 bridgehead atoms. The summed E-state index contributed by atoms with van der Waals surface area (Å²) in [6.07, 6.45) is 6.94. The van der Waals surface area contributed by atoms with E-state index in [4.69, 9.17) is 0 Å². The van der Waals surface area contributed by atoms with E-state index in [2.05, 4.69) is 22.6 Å². The van der Waals surface area contributed by atoms with Crippen molar-refractivity contribution in [2.45, 2.75) is 50.5 Å². The second kappa shape index (κ2) is 6.72. The van der Waals surface area contributed by atoms with E-state index in [-0.39, 0.29) is 17.4 Å². The summed E-state index contributed by atoms with van der Waals surface area (Å²) in [7, 11) is 2.14. The minimum Gasteiger partial charge on any atom is -0.356 e. The smallest absolute Gasteiger partial charge is 0.255 e. The molecule has 1 atom stereocenters. The zero-order chi connectivity index (χ0) is 17.4. The number of aryl methyl sites for hydroxylation is 1. The summed E-state index contributed by atoms with van der Waals surface area (Å²) >= 11 is 1.76. The van der Waals surface area contributed by atoms with Crippen LogP contribution in [0.3, 0.4) is 0 Å². The molecule has 0 radical (unpaired) electrons. The molecule has 2 amide bonds. The summed E-state index contributed by atoms with van der Waals surface area (Å²) in [5.74, 6) is 0.344. The van der Waals surface area contributed by atoms with Gasteiger partial charge in [0.05, 0.1) is 5.56 Å². The highest BCUT2D eigenvalue weighted by molar-refractivity contribution is 7.10. The van der Waals surface area contributed by atoms with Crippen LogP contribution in [-0.2, 0) is 17.6 Å². The van der Waals surface area contributed by atoms with Crippen LogP contribution in [-0.4, -0.2) is 60.4 Å². The fourth-order valence-electron chi connectivity index (χ4n) is 4.61. The molecule has 5 nitrogen and oxygen atoms in total. The molecule has 2 saturated heterocycles. The van der Waals surface area contributed by atoms with Gasteiger partial charge in [0.2, 0.25) is 5.91 Å². The van der Waals surface area contributed by atoms with Gasteiger partial charge in [0, 0.05) is 48.4 Å². The Morgan fingerprint density at radius 1 is 1.20 bits per heavy atom. The van der Waals surface area contributed by atoms with E-state index in [1.54, 1.807) is 11.3 Å². The molecule has 1 spiro atoms. The number of rotatable bonds is 1. The van der Waals surface area contributed by atoms with Crippen LogP contribution in [0.2, 0.25) is 0 Å². The van der Waals surface area contributed by atoms with Crippen LogP contribution in [0, 0.1) is 0 Å². The lowest BCUT2D eigenvalue weighted by molar-refractivity contribution is -0.121. The number of amides is 2. The number of carbonyl (C=O) groups is 2. The predicted octanol–water partition coefficient (Wildman–Crippen LogP) is 2.05. The van der Waals surface area contributed by atoms with Crippen molar-refractivity contribution in [3.05, 3.63) is 21.4 Å². The molecule has 1 aromatic rings. The molecule has 0 saturated carbocycles. The van der Waals surface area contributed by atoms with Crippen molar-refractivity contribution in [2.75, 3.05) is 33.2 Å². The Hall–Kier alpha value is -1.40. The van der Waals surface area contributed by atoms with Crippen molar-refractivity contribution in [1.82, 2.24) is 15.1 Å². The third-order valence-corrected chi connectivity index (χ3v) is 7.40. The molecular formula is C19H27N3O2S. The highest BCUT2D eigenvalue weighted by Gasteiger charge is 2.42. The van der Waals surface area contributed by atoms with Gasteiger partial charge in [-0.1, -0.05) is 0 Å². The molecule has 1 N–H and O–H groups in total. The minimum atomic E-state index is -0.0663. The van der Waals surface area contributed by atoms with Crippen LogP contribution in [0.25, 0.3) is 0 Å². The third kappa shape index (κ3) is 3.10. The molecule has 25 heavy (non-hydrogen) atoms. The van der Waals surface area contributed by atoms with Crippen LogP contribution >= 0.6 is 11.3 Å². The first-order valence-corrected chi connectivity index (χ1v) is 10.3. The van der Waals surface area contributed by atoms with E-state index < -0.39 is 0 Å². The highest BCUT2D eigenvalue weighted by Crippen LogP contribution is 2.34. The van der Waals surface area contributed by atoms with Crippen molar-refractivity contribution in [1.29, 1.82) is 0 Å². The Morgan fingerprint density at radius 3 is 2.92 bits per heavy atom. The maximum absolute atomic E-state index is 13.2. The molecular weight excluding hydrogens is 334 g/mol. The number of thiophene rings is 1. The number of hydrogen-bond donors (Lipinski definition) is 1. The average Bonchev–Trinajstić information content (AvgIpc) is 2.96. The molecule has 4 rings (SSSR count). The van der Waals surface area contributed by atoms with Gasteiger partial charge in [-0.25, -0.2) is 0 Å². The summed E-state index contributed by atoms with van der Waals surface area (Å²) in [6.45, 7) is 3.11.